The summed E-state index contributed by atoms with van der Waals surface area (Å²) in [5.74, 6) is 1.10. The summed E-state index contributed by atoms with van der Waals surface area (Å²) >= 11 is 3.32. The van der Waals surface area contributed by atoms with Crippen LogP contribution in [0.2, 0.25) is 0 Å². The number of methoxy groups -OCH3 is 2. The van der Waals surface area contributed by atoms with Crippen LogP contribution in [0.25, 0.3) is 0 Å². The summed E-state index contributed by atoms with van der Waals surface area (Å²) in [5, 5.41) is 0. The molecule has 0 fully saturated rings. The maximum Gasteiger partial charge on any atom is 0.238 e. The Kier molecular flexibility index (Phi) is 4.97. The second kappa shape index (κ2) is 6.71. The lowest BCUT2D eigenvalue weighted by molar-refractivity contribution is 0.400. The molecule has 2 rings (SSSR count). The van der Waals surface area contributed by atoms with Crippen LogP contribution >= 0.6 is 15.9 Å². The number of aromatic nitrogens is 1. The Labute approximate surface area is 128 Å². The predicted octanol–water partition coefficient (Wildman–Crippen LogP) is 3.00. The number of hydrogen-bond donors (Lipinski definition) is 1. The van der Waals surface area contributed by atoms with Gasteiger partial charge in [-0.1, -0.05) is 0 Å². The van der Waals surface area contributed by atoms with Gasteiger partial charge in [-0.05, 0) is 46.3 Å². The molecule has 0 aliphatic rings. The molecule has 0 aliphatic heterocycles. The molecule has 20 heavy (non-hydrogen) atoms. The Balaban J connectivity index is 2.20. The maximum atomic E-state index is 12.3. The number of nitrogens with zero attached hydrogens (tertiary/aromatic N) is 1. The third kappa shape index (κ3) is 3.49. The fourth-order valence-electron chi connectivity index (χ4n) is 1.52. The van der Waals surface area contributed by atoms with Crippen molar-refractivity contribution in [1.82, 2.24) is 4.98 Å². The van der Waals surface area contributed by atoms with Crippen LogP contribution in [0.3, 0.4) is 0 Å². The summed E-state index contributed by atoms with van der Waals surface area (Å²) in [6, 6.07) is 8.74. The van der Waals surface area contributed by atoms with Gasteiger partial charge >= 0.3 is 0 Å². The summed E-state index contributed by atoms with van der Waals surface area (Å²) in [6.45, 7) is 0. The van der Waals surface area contributed by atoms with Crippen molar-refractivity contribution in [1.29, 1.82) is 0 Å². The van der Waals surface area contributed by atoms with E-state index >= 15 is 0 Å². The third-order valence-corrected chi connectivity index (χ3v) is 4.03. The molecule has 0 bridgehead atoms. The van der Waals surface area contributed by atoms with Crippen LogP contribution in [0, 0.1) is 0 Å². The molecule has 5 nitrogen and oxygen atoms in total. The fourth-order valence-corrected chi connectivity index (χ4v) is 2.70. The number of nitrogens with one attached hydrogen (secondary N) is 1. The van der Waals surface area contributed by atoms with Gasteiger partial charge in [-0.3, -0.25) is 4.72 Å². The van der Waals surface area contributed by atoms with Crippen molar-refractivity contribution in [2.45, 2.75) is 4.90 Å². The van der Waals surface area contributed by atoms with Crippen LogP contribution in [0.1, 0.15) is 0 Å². The van der Waals surface area contributed by atoms with Crippen molar-refractivity contribution in [2.75, 3.05) is 18.9 Å². The molecule has 106 valence electrons. The molecule has 0 aliphatic carbocycles. The summed E-state index contributed by atoms with van der Waals surface area (Å²) < 4.78 is 26.1. The van der Waals surface area contributed by atoms with E-state index in [1.807, 2.05) is 0 Å². The zero-order chi connectivity index (χ0) is 14.5. The van der Waals surface area contributed by atoms with Crippen molar-refractivity contribution in [3.05, 3.63) is 41.0 Å². The molecule has 1 atom stereocenters. The van der Waals surface area contributed by atoms with E-state index in [4.69, 9.17) is 9.47 Å². The fraction of sp³-hybridized carbons (Fsp3) is 0.154. The van der Waals surface area contributed by atoms with E-state index in [0.717, 1.165) is 4.47 Å². The van der Waals surface area contributed by atoms with Gasteiger partial charge in [0.2, 0.25) is 5.88 Å². The highest BCUT2D eigenvalue weighted by Crippen LogP contribution is 2.26. The Morgan fingerprint density at radius 2 is 1.90 bits per heavy atom. The van der Waals surface area contributed by atoms with Gasteiger partial charge < -0.3 is 9.47 Å². The molecule has 0 radical (unpaired) electrons. The summed E-state index contributed by atoms with van der Waals surface area (Å²) in [7, 11) is 1.69. The number of hydrogen-bond acceptors (Lipinski definition) is 4. The molecular formula is C13H13BrN2O3S. The quantitative estimate of drug-likeness (QED) is 0.894. The van der Waals surface area contributed by atoms with Gasteiger partial charge in [0.15, 0.2) is 0 Å². The first-order chi connectivity index (χ1) is 9.63. The van der Waals surface area contributed by atoms with Gasteiger partial charge in [-0.2, -0.15) is 0 Å². The number of rotatable bonds is 5. The summed E-state index contributed by atoms with van der Waals surface area (Å²) in [4.78, 5) is 4.72. The minimum atomic E-state index is -1.41. The number of anilines is 1. The number of ether oxygens (including phenoxy) is 2. The molecule has 0 saturated heterocycles. The molecule has 0 saturated carbocycles. The largest absolute Gasteiger partial charge is 0.497 e. The second-order valence-corrected chi connectivity index (χ2v) is 5.89. The van der Waals surface area contributed by atoms with E-state index in [0.29, 0.717) is 22.2 Å². The van der Waals surface area contributed by atoms with Gasteiger partial charge in [0.05, 0.1) is 19.1 Å². The SMILES string of the molecule is COc1ccc(S(=O)Nc2cc(Br)cnc2OC)cc1. The molecule has 0 amide bonds. The molecule has 7 heteroatoms. The van der Waals surface area contributed by atoms with Crippen LogP contribution in [0.15, 0.2) is 45.9 Å². The lowest BCUT2D eigenvalue weighted by Crippen LogP contribution is -2.06. The minimum Gasteiger partial charge on any atom is -0.497 e. The van der Waals surface area contributed by atoms with Gasteiger partial charge in [0, 0.05) is 10.7 Å². The second-order valence-electron chi connectivity index (χ2n) is 3.76. The highest BCUT2D eigenvalue weighted by molar-refractivity contribution is 9.10. The topological polar surface area (TPSA) is 60.5 Å². The smallest absolute Gasteiger partial charge is 0.238 e. The Bertz CT molecular complexity index is 620. The normalized spacial score (nSPS) is 11.8. The van der Waals surface area contributed by atoms with E-state index < -0.39 is 11.0 Å². The van der Waals surface area contributed by atoms with Gasteiger partial charge in [-0.15, -0.1) is 0 Å². The van der Waals surface area contributed by atoms with Crippen molar-refractivity contribution >= 4 is 32.6 Å². The first-order valence-corrected chi connectivity index (χ1v) is 7.60. The number of pyridine rings is 1. The zero-order valence-electron chi connectivity index (χ0n) is 10.9. The molecule has 1 N–H and O–H groups in total. The van der Waals surface area contributed by atoms with Crippen LogP contribution in [0.5, 0.6) is 11.6 Å². The van der Waals surface area contributed by atoms with Crippen molar-refractivity contribution in [3.8, 4) is 11.6 Å². The first-order valence-electron chi connectivity index (χ1n) is 5.66. The zero-order valence-corrected chi connectivity index (χ0v) is 13.3. The monoisotopic (exact) mass is 356 g/mol. The molecule has 1 unspecified atom stereocenters. The highest BCUT2D eigenvalue weighted by Gasteiger charge is 2.10. The Hall–Kier alpha value is -1.60. The molecular weight excluding hydrogens is 344 g/mol. The van der Waals surface area contributed by atoms with E-state index in [1.54, 1.807) is 43.6 Å². The van der Waals surface area contributed by atoms with Crippen molar-refractivity contribution in [3.63, 3.8) is 0 Å². The lowest BCUT2D eigenvalue weighted by Gasteiger charge is -2.10. The molecule has 1 aromatic carbocycles. The minimum absolute atomic E-state index is 0.384. The molecule has 1 heterocycles. The molecule has 1 aromatic heterocycles. The van der Waals surface area contributed by atoms with Gasteiger partial charge in [0.1, 0.15) is 22.4 Å². The van der Waals surface area contributed by atoms with Crippen LogP contribution in [-0.4, -0.2) is 23.4 Å². The highest BCUT2D eigenvalue weighted by atomic mass is 79.9. The van der Waals surface area contributed by atoms with Gasteiger partial charge in [-0.25, -0.2) is 9.19 Å². The Morgan fingerprint density at radius 1 is 1.20 bits per heavy atom. The van der Waals surface area contributed by atoms with Gasteiger partial charge in [0.25, 0.3) is 0 Å². The van der Waals surface area contributed by atoms with Crippen molar-refractivity contribution in [2.24, 2.45) is 0 Å². The standard InChI is InChI=1S/C13H13BrN2O3S/c1-18-10-3-5-11(6-4-10)20(17)16-12-7-9(14)8-15-13(12)19-2/h3-8,16H,1-2H3. The average Bonchev–Trinajstić information content (AvgIpc) is 2.47. The van der Waals surface area contributed by atoms with Crippen LogP contribution < -0.4 is 14.2 Å². The van der Waals surface area contributed by atoms with E-state index in [1.165, 1.54) is 7.11 Å². The first kappa shape index (κ1) is 14.8. The van der Waals surface area contributed by atoms with E-state index in [9.17, 15) is 4.21 Å². The predicted molar refractivity (Wildman–Crippen MR) is 81.5 cm³/mol. The maximum absolute atomic E-state index is 12.3. The molecule has 2 aromatic rings. The summed E-state index contributed by atoms with van der Waals surface area (Å²) in [5.41, 5.74) is 0.552. The van der Waals surface area contributed by atoms with E-state index in [-0.39, 0.29) is 0 Å². The molecule has 0 spiro atoms. The van der Waals surface area contributed by atoms with Crippen LogP contribution in [0.4, 0.5) is 5.69 Å². The van der Waals surface area contributed by atoms with E-state index in [2.05, 4.69) is 25.6 Å². The van der Waals surface area contributed by atoms with Crippen molar-refractivity contribution < 1.29 is 13.7 Å². The third-order valence-electron chi connectivity index (χ3n) is 2.49. The lowest BCUT2D eigenvalue weighted by atomic mass is 10.3. The number of halogens is 1. The van der Waals surface area contributed by atoms with Crippen LogP contribution in [-0.2, 0) is 11.0 Å². The average molecular weight is 357 g/mol. The number of benzene rings is 1. The Morgan fingerprint density at radius 3 is 2.50 bits per heavy atom. The summed E-state index contributed by atoms with van der Waals surface area (Å²) in [6.07, 6.45) is 1.61.